The summed E-state index contributed by atoms with van der Waals surface area (Å²) in [4.78, 5) is 11.8. The Labute approximate surface area is 92.2 Å². The van der Waals surface area contributed by atoms with Gasteiger partial charge in [-0.15, -0.1) is 0 Å². The molecule has 0 aromatic heterocycles. The van der Waals surface area contributed by atoms with Crippen LogP contribution >= 0.6 is 0 Å². The summed E-state index contributed by atoms with van der Waals surface area (Å²) in [6.45, 7) is 7.57. The van der Waals surface area contributed by atoms with Crippen molar-refractivity contribution in [3.05, 3.63) is 0 Å². The molecule has 3 unspecified atom stereocenters. The van der Waals surface area contributed by atoms with Crippen molar-refractivity contribution in [2.75, 3.05) is 6.61 Å². The fraction of sp³-hybridized carbons (Fsp3) is 0.909. The standard InChI is InChI=1S/C11H24N2O2/c1-5-6-11(4,12)10(15)13-9(3)8(2)7-14/h8-9,14H,5-7,12H2,1-4H3,(H,13,15). The van der Waals surface area contributed by atoms with E-state index in [1.54, 1.807) is 6.92 Å². The molecule has 0 saturated heterocycles. The van der Waals surface area contributed by atoms with Gasteiger partial charge in [-0.05, 0) is 26.2 Å². The van der Waals surface area contributed by atoms with E-state index in [1.165, 1.54) is 0 Å². The first kappa shape index (κ1) is 14.4. The molecule has 0 saturated carbocycles. The molecule has 0 aliphatic rings. The van der Waals surface area contributed by atoms with Crippen LogP contribution in [-0.4, -0.2) is 29.2 Å². The molecular weight excluding hydrogens is 192 g/mol. The first-order valence-electron chi connectivity index (χ1n) is 5.55. The molecule has 0 heterocycles. The Morgan fingerprint density at radius 1 is 1.53 bits per heavy atom. The maximum atomic E-state index is 11.8. The van der Waals surface area contributed by atoms with Crippen LogP contribution in [0.15, 0.2) is 0 Å². The zero-order valence-corrected chi connectivity index (χ0v) is 10.2. The maximum Gasteiger partial charge on any atom is 0.240 e. The predicted octanol–water partition coefficient (Wildman–Crippen LogP) is 0.637. The van der Waals surface area contributed by atoms with Gasteiger partial charge in [0.05, 0.1) is 5.54 Å². The molecular formula is C11H24N2O2. The van der Waals surface area contributed by atoms with Gasteiger partial charge in [0, 0.05) is 12.6 Å². The zero-order valence-electron chi connectivity index (χ0n) is 10.2. The quantitative estimate of drug-likeness (QED) is 0.610. The smallest absolute Gasteiger partial charge is 0.240 e. The molecule has 0 aromatic carbocycles. The fourth-order valence-electron chi connectivity index (χ4n) is 1.30. The molecule has 0 aliphatic heterocycles. The molecule has 90 valence electrons. The highest BCUT2D eigenvalue weighted by molar-refractivity contribution is 5.85. The Bertz CT molecular complexity index is 205. The second-order valence-electron chi connectivity index (χ2n) is 4.59. The molecule has 1 amide bonds. The SMILES string of the molecule is CCCC(C)(N)C(=O)NC(C)C(C)CO. The predicted molar refractivity (Wildman–Crippen MR) is 61.4 cm³/mol. The van der Waals surface area contributed by atoms with Crippen molar-refractivity contribution >= 4 is 5.91 Å². The minimum Gasteiger partial charge on any atom is -0.396 e. The molecule has 0 fully saturated rings. The van der Waals surface area contributed by atoms with Crippen LogP contribution < -0.4 is 11.1 Å². The lowest BCUT2D eigenvalue weighted by Crippen LogP contribution is -2.54. The molecule has 0 aromatic rings. The van der Waals surface area contributed by atoms with Gasteiger partial charge in [-0.1, -0.05) is 20.3 Å². The van der Waals surface area contributed by atoms with E-state index in [1.807, 2.05) is 20.8 Å². The normalized spacial score (nSPS) is 19.1. The van der Waals surface area contributed by atoms with E-state index in [9.17, 15) is 4.79 Å². The van der Waals surface area contributed by atoms with Gasteiger partial charge in [-0.3, -0.25) is 4.79 Å². The largest absolute Gasteiger partial charge is 0.396 e. The van der Waals surface area contributed by atoms with E-state index < -0.39 is 5.54 Å². The van der Waals surface area contributed by atoms with Gasteiger partial charge in [0.25, 0.3) is 0 Å². The summed E-state index contributed by atoms with van der Waals surface area (Å²) in [5.41, 5.74) is 5.08. The molecule has 15 heavy (non-hydrogen) atoms. The number of carbonyl (C=O) groups is 1. The van der Waals surface area contributed by atoms with Crippen LogP contribution in [-0.2, 0) is 4.79 Å². The summed E-state index contributed by atoms with van der Waals surface area (Å²) >= 11 is 0. The van der Waals surface area contributed by atoms with E-state index in [0.29, 0.717) is 6.42 Å². The van der Waals surface area contributed by atoms with E-state index in [4.69, 9.17) is 10.8 Å². The lowest BCUT2D eigenvalue weighted by atomic mass is 9.95. The van der Waals surface area contributed by atoms with Crippen molar-refractivity contribution in [2.24, 2.45) is 11.7 Å². The second kappa shape index (κ2) is 6.08. The summed E-state index contributed by atoms with van der Waals surface area (Å²) < 4.78 is 0. The Hall–Kier alpha value is -0.610. The van der Waals surface area contributed by atoms with Crippen molar-refractivity contribution in [3.63, 3.8) is 0 Å². The van der Waals surface area contributed by atoms with Gasteiger partial charge in [0.1, 0.15) is 0 Å². The third-order valence-electron chi connectivity index (χ3n) is 2.79. The summed E-state index contributed by atoms with van der Waals surface area (Å²) in [5, 5.41) is 11.8. The number of nitrogens with two attached hydrogens (primary N) is 1. The number of amides is 1. The summed E-state index contributed by atoms with van der Waals surface area (Å²) in [6, 6.07) is -0.0535. The minimum absolute atomic E-state index is 0.0476. The Morgan fingerprint density at radius 2 is 2.07 bits per heavy atom. The second-order valence-corrected chi connectivity index (χ2v) is 4.59. The van der Waals surface area contributed by atoms with Gasteiger partial charge in [0.15, 0.2) is 0 Å². The number of aliphatic hydroxyl groups excluding tert-OH is 1. The lowest BCUT2D eigenvalue weighted by molar-refractivity contribution is -0.127. The van der Waals surface area contributed by atoms with Gasteiger partial charge < -0.3 is 16.2 Å². The van der Waals surface area contributed by atoms with Crippen molar-refractivity contribution in [1.82, 2.24) is 5.32 Å². The van der Waals surface area contributed by atoms with Crippen molar-refractivity contribution in [2.45, 2.75) is 52.1 Å². The van der Waals surface area contributed by atoms with E-state index in [0.717, 1.165) is 6.42 Å². The van der Waals surface area contributed by atoms with E-state index in [-0.39, 0.29) is 24.5 Å². The van der Waals surface area contributed by atoms with Crippen molar-refractivity contribution < 1.29 is 9.90 Å². The molecule has 0 radical (unpaired) electrons. The van der Waals surface area contributed by atoms with Crippen LogP contribution in [0, 0.1) is 5.92 Å². The zero-order chi connectivity index (χ0) is 12.1. The third-order valence-corrected chi connectivity index (χ3v) is 2.79. The minimum atomic E-state index is -0.807. The van der Waals surface area contributed by atoms with Crippen LogP contribution in [0.25, 0.3) is 0 Å². The van der Waals surface area contributed by atoms with Crippen LogP contribution in [0.5, 0.6) is 0 Å². The molecule has 4 N–H and O–H groups in total. The molecule has 0 aliphatic carbocycles. The Morgan fingerprint density at radius 3 is 2.47 bits per heavy atom. The van der Waals surface area contributed by atoms with Crippen LogP contribution in [0.1, 0.15) is 40.5 Å². The molecule has 0 bridgehead atoms. The number of rotatable bonds is 6. The number of hydrogen-bond donors (Lipinski definition) is 3. The fourth-order valence-corrected chi connectivity index (χ4v) is 1.30. The van der Waals surface area contributed by atoms with Gasteiger partial charge >= 0.3 is 0 Å². The highest BCUT2D eigenvalue weighted by Gasteiger charge is 2.28. The topological polar surface area (TPSA) is 75.4 Å². The van der Waals surface area contributed by atoms with Gasteiger partial charge in [0.2, 0.25) is 5.91 Å². The maximum absolute atomic E-state index is 11.8. The molecule has 4 nitrogen and oxygen atoms in total. The van der Waals surface area contributed by atoms with Crippen LogP contribution in [0.4, 0.5) is 0 Å². The molecule has 3 atom stereocenters. The number of aliphatic hydroxyl groups is 1. The van der Waals surface area contributed by atoms with Crippen molar-refractivity contribution in [1.29, 1.82) is 0 Å². The van der Waals surface area contributed by atoms with Gasteiger partial charge in [-0.25, -0.2) is 0 Å². The summed E-state index contributed by atoms with van der Waals surface area (Å²) in [6.07, 6.45) is 1.55. The number of nitrogens with one attached hydrogen (secondary N) is 1. The third kappa shape index (κ3) is 4.62. The number of carbonyl (C=O) groups excluding carboxylic acids is 1. The first-order chi connectivity index (χ1) is 6.85. The van der Waals surface area contributed by atoms with Crippen LogP contribution in [0.3, 0.4) is 0 Å². The molecule has 0 rings (SSSR count). The molecule has 4 heteroatoms. The lowest BCUT2D eigenvalue weighted by Gasteiger charge is -2.27. The average molecular weight is 216 g/mol. The highest BCUT2D eigenvalue weighted by Crippen LogP contribution is 2.10. The van der Waals surface area contributed by atoms with Crippen LogP contribution in [0.2, 0.25) is 0 Å². The molecule has 0 spiro atoms. The monoisotopic (exact) mass is 216 g/mol. The average Bonchev–Trinajstić information content (AvgIpc) is 2.16. The summed E-state index contributed by atoms with van der Waals surface area (Å²) in [7, 11) is 0. The Kier molecular flexibility index (Phi) is 5.83. The van der Waals surface area contributed by atoms with E-state index >= 15 is 0 Å². The van der Waals surface area contributed by atoms with Gasteiger partial charge in [-0.2, -0.15) is 0 Å². The Balaban J connectivity index is 4.23. The van der Waals surface area contributed by atoms with Crippen molar-refractivity contribution in [3.8, 4) is 0 Å². The highest BCUT2D eigenvalue weighted by atomic mass is 16.3. The van der Waals surface area contributed by atoms with E-state index in [2.05, 4.69) is 5.32 Å². The number of hydrogen-bond acceptors (Lipinski definition) is 3. The first-order valence-corrected chi connectivity index (χ1v) is 5.55. The summed E-state index contributed by atoms with van der Waals surface area (Å²) in [5.74, 6) is -0.0940.